The van der Waals surface area contributed by atoms with Gasteiger partial charge in [-0.15, -0.1) is 5.10 Å². The van der Waals surface area contributed by atoms with E-state index in [0.29, 0.717) is 41.1 Å². The first-order valence-electron chi connectivity index (χ1n) is 13.7. The largest absolute Gasteiger partial charge is 0.496 e. The fraction of sp³-hybridized carbons (Fsp3) is 0.357. The molecule has 44 heavy (non-hydrogen) atoms. The number of rotatable bonds is 11. The third kappa shape index (κ3) is 6.58. The van der Waals surface area contributed by atoms with Gasteiger partial charge in [-0.2, -0.15) is 9.78 Å². The molecule has 232 valence electrons. The van der Waals surface area contributed by atoms with Crippen molar-refractivity contribution in [3.05, 3.63) is 63.7 Å². The summed E-state index contributed by atoms with van der Waals surface area (Å²) in [6.45, 7) is 3.24. The molecule has 0 aliphatic carbocycles. The maximum Gasteiger partial charge on any atom is 0.293 e. The molecule has 0 bridgehead atoms. The fourth-order valence-corrected chi connectivity index (χ4v) is 5.09. The van der Waals surface area contributed by atoms with E-state index in [0.717, 1.165) is 25.8 Å². The van der Waals surface area contributed by atoms with Gasteiger partial charge in [-0.3, -0.25) is 9.69 Å². The van der Waals surface area contributed by atoms with Gasteiger partial charge in [0.25, 0.3) is 5.91 Å². The zero-order chi connectivity index (χ0) is 31.2. The first-order chi connectivity index (χ1) is 21.3. The number of hydrogen-bond donors (Lipinski definition) is 2. The lowest BCUT2D eigenvalue weighted by Gasteiger charge is -2.33. The van der Waals surface area contributed by atoms with E-state index in [1.54, 1.807) is 18.2 Å². The number of carbonyl (C=O) groups excluding carboxylic acids is 1. The second kappa shape index (κ2) is 13.7. The molecule has 1 amide bonds. The van der Waals surface area contributed by atoms with Crippen molar-refractivity contribution < 1.29 is 28.0 Å². The second-order valence-corrected chi connectivity index (χ2v) is 10.4. The molecule has 1 aliphatic rings. The minimum absolute atomic E-state index is 0.0106. The van der Waals surface area contributed by atoms with Gasteiger partial charge in [0.05, 0.1) is 36.7 Å². The SMILES string of the molecule is COc1cc(OCc2c(F)cccc2Cl)cc(OC)c1C=NNC(=O)c1nnn(-c2nonc2N)c1CN1CCCCC1C. The van der Waals surface area contributed by atoms with E-state index in [4.69, 9.17) is 36.2 Å². The van der Waals surface area contributed by atoms with Crippen LogP contribution in [0.1, 0.15) is 53.5 Å². The Morgan fingerprint density at radius 1 is 1.25 bits per heavy atom. The van der Waals surface area contributed by atoms with Gasteiger partial charge in [-0.25, -0.2) is 14.4 Å². The third-order valence-electron chi connectivity index (χ3n) is 7.29. The lowest BCUT2D eigenvalue weighted by molar-refractivity contribution is 0.0945. The first kappa shape index (κ1) is 30.7. The molecule has 2 aromatic carbocycles. The van der Waals surface area contributed by atoms with Crippen LogP contribution in [0, 0.1) is 5.82 Å². The number of hydrazone groups is 1. The van der Waals surface area contributed by atoms with Gasteiger partial charge in [0.2, 0.25) is 11.6 Å². The van der Waals surface area contributed by atoms with Crippen molar-refractivity contribution in [2.75, 3.05) is 26.5 Å². The van der Waals surface area contributed by atoms with Crippen LogP contribution in [0.2, 0.25) is 5.02 Å². The van der Waals surface area contributed by atoms with Crippen LogP contribution < -0.4 is 25.4 Å². The summed E-state index contributed by atoms with van der Waals surface area (Å²) in [4.78, 5) is 15.5. The average Bonchev–Trinajstić information content (AvgIpc) is 3.63. The zero-order valence-corrected chi connectivity index (χ0v) is 25.0. The molecule has 2 aromatic heterocycles. The Bertz CT molecular complexity index is 1610. The summed E-state index contributed by atoms with van der Waals surface area (Å²) >= 11 is 6.12. The molecule has 3 heterocycles. The maximum atomic E-state index is 14.2. The molecule has 16 heteroatoms. The van der Waals surface area contributed by atoms with Gasteiger partial charge in [-0.05, 0) is 48.8 Å². The van der Waals surface area contributed by atoms with E-state index in [1.165, 1.54) is 37.2 Å². The van der Waals surface area contributed by atoms with Gasteiger partial charge < -0.3 is 19.9 Å². The van der Waals surface area contributed by atoms with Crippen LogP contribution in [0.15, 0.2) is 40.1 Å². The number of nitrogen functional groups attached to an aromatic ring is 1. The molecule has 0 saturated carbocycles. The van der Waals surface area contributed by atoms with E-state index in [2.05, 4.69) is 43.0 Å². The standard InChI is InChI=1S/C28H31ClFN9O5/c1-16-7-4-5-10-38(16)14-22-25(33-37-39(22)27-26(31)35-44-36-27)28(40)34-32-13-18-23(41-2)11-17(12-24(18)42-3)43-15-19-20(29)8-6-9-21(19)30/h6,8-9,11-13,16H,4-5,7,10,14-15H2,1-3H3,(H2,31,35)(H,34,40). The normalized spacial score (nSPS) is 15.4. The molecular formula is C28H31ClFN9O5. The average molecular weight is 628 g/mol. The van der Waals surface area contributed by atoms with Crippen LogP contribution in [-0.2, 0) is 13.2 Å². The lowest BCUT2D eigenvalue weighted by atomic mass is 10.0. The molecule has 1 fully saturated rings. The number of likely N-dealkylation sites (tertiary alicyclic amines) is 1. The molecule has 5 rings (SSSR count). The molecule has 4 aromatic rings. The smallest absolute Gasteiger partial charge is 0.293 e. The van der Waals surface area contributed by atoms with Crippen LogP contribution in [0.3, 0.4) is 0 Å². The summed E-state index contributed by atoms with van der Waals surface area (Å²) in [7, 11) is 2.91. The van der Waals surface area contributed by atoms with Gasteiger partial charge in [0.15, 0.2) is 5.69 Å². The topological polar surface area (TPSA) is 168 Å². The Morgan fingerprint density at radius 2 is 2.02 bits per heavy atom. The van der Waals surface area contributed by atoms with Crippen LogP contribution >= 0.6 is 11.6 Å². The fourth-order valence-electron chi connectivity index (χ4n) is 4.87. The molecule has 3 N–H and O–H groups in total. The Kier molecular flexibility index (Phi) is 9.55. The van der Waals surface area contributed by atoms with E-state index in [1.807, 2.05) is 0 Å². The van der Waals surface area contributed by atoms with Crippen molar-refractivity contribution in [1.82, 2.24) is 35.6 Å². The zero-order valence-electron chi connectivity index (χ0n) is 24.3. The minimum Gasteiger partial charge on any atom is -0.496 e. The highest BCUT2D eigenvalue weighted by Gasteiger charge is 2.28. The number of halogens is 2. The number of aromatic nitrogens is 5. The van der Waals surface area contributed by atoms with Gasteiger partial charge >= 0.3 is 0 Å². The Balaban J connectivity index is 1.36. The number of carbonyl (C=O) groups is 1. The number of ether oxygens (including phenoxy) is 3. The molecular weight excluding hydrogens is 597 g/mol. The van der Waals surface area contributed by atoms with Crippen molar-refractivity contribution in [1.29, 1.82) is 0 Å². The Morgan fingerprint density at radius 3 is 2.68 bits per heavy atom. The highest BCUT2D eigenvalue weighted by atomic mass is 35.5. The number of nitrogens with one attached hydrogen (secondary N) is 1. The molecule has 1 unspecified atom stereocenters. The summed E-state index contributed by atoms with van der Waals surface area (Å²) in [6, 6.07) is 7.86. The number of piperidine rings is 1. The summed E-state index contributed by atoms with van der Waals surface area (Å²) in [6.07, 6.45) is 4.57. The van der Waals surface area contributed by atoms with Gasteiger partial charge in [0, 0.05) is 30.3 Å². The Hall–Kier alpha value is -4.76. The number of anilines is 1. The Labute approximate surface area is 256 Å². The van der Waals surface area contributed by atoms with Crippen molar-refractivity contribution >= 4 is 29.5 Å². The van der Waals surface area contributed by atoms with Crippen molar-refractivity contribution in [3.63, 3.8) is 0 Å². The van der Waals surface area contributed by atoms with Gasteiger partial charge in [0.1, 0.15) is 29.7 Å². The number of benzene rings is 2. The number of methoxy groups -OCH3 is 2. The van der Waals surface area contributed by atoms with Crippen molar-refractivity contribution in [2.45, 2.75) is 45.4 Å². The number of amides is 1. The maximum absolute atomic E-state index is 14.2. The highest BCUT2D eigenvalue weighted by molar-refractivity contribution is 6.31. The number of hydrogen-bond acceptors (Lipinski definition) is 12. The van der Waals surface area contributed by atoms with Crippen LogP contribution in [-0.4, -0.2) is 69.1 Å². The predicted molar refractivity (Wildman–Crippen MR) is 158 cm³/mol. The summed E-state index contributed by atoms with van der Waals surface area (Å²) in [5, 5.41) is 20.0. The quantitative estimate of drug-likeness (QED) is 0.183. The van der Waals surface area contributed by atoms with E-state index >= 15 is 0 Å². The predicted octanol–water partition coefficient (Wildman–Crippen LogP) is 3.76. The van der Waals surface area contributed by atoms with Crippen LogP contribution in [0.4, 0.5) is 10.2 Å². The van der Waals surface area contributed by atoms with E-state index < -0.39 is 11.7 Å². The molecule has 14 nitrogen and oxygen atoms in total. The molecule has 1 saturated heterocycles. The monoisotopic (exact) mass is 627 g/mol. The molecule has 0 radical (unpaired) electrons. The van der Waals surface area contributed by atoms with Crippen molar-refractivity contribution in [2.24, 2.45) is 5.10 Å². The van der Waals surface area contributed by atoms with Crippen LogP contribution in [0.5, 0.6) is 17.2 Å². The molecule has 1 aliphatic heterocycles. The number of nitrogens with zero attached hydrogens (tertiary/aromatic N) is 7. The van der Waals surface area contributed by atoms with Gasteiger partial charge in [-0.1, -0.05) is 29.3 Å². The van der Waals surface area contributed by atoms with E-state index in [-0.39, 0.29) is 34.5 Å². The summed E-state index contributed by atoms with van der Waals surface area (Å²) < 4.78 is 37.1. The minimum atomic E-state index is -0.609. The highest BCUT2D eigenvalue weighted by Crippen LogP contribution is 2.34. The van der Waals surface area contributed by atoms with Crippen LogP contribution in [0.25, 0.3) is 5.82 Å². The first-order valence-corrected chi connectivity index (χ1v) is 14.1. The van der Waals surface area contributed by atoms with E-state index in [9.17, 15) is 9.18 Å². The summed E-state index contributed by atoms with van der Waals surface area (Å²) in [5.41, 5.74) is 9.53. The molecule has 1 atom stereocenters. The number of nitrogens with two attached hydrogens (primary N) is 1. The van der Waals surface area contributed by atoms with Crippen molar-refractivity contribution in [3.8, 4) is 23.1 Å². The summed E-state index contributed by atoms with van der Waals surface area (Å²) in [5.74, 6) is 0.0557. The lowest BCUT2D eigenvalue weighted by Crippen LogP contribution is -2.38. The second-order valence-electron chi connectivity index (χ2n) is 10.0. The molecule has 0 spiro atoms. The third-order valence-corrected chi connectivity index (χ3v) is 7.64.